The molecule has 0 aromatic rings. The minimum absolute atomic E-state index is 0. The average molecular weight is 225 g/mol. The van der Waals surface area contributed by atoms with Crippen LogP contribution in [0.5, 0.6) is 0 Å². The Balaban J connectivity index is 0. The van der Waals surface area contributed by atoms with Gasteiger partial charge in [-0.25, -0.2) is 0 Å². The van der Waals surface area contributed by atoms with Gasteiger partial charge < -0.3 is 0 Å². The van der Waals surface area contributed by atoms with Gasteiger partial charge in [-0.2, -0.15) is 0 Å². The van der Waals surface area contributed by atoms with E-state index < -0.39 is 0 Å². The van der Waals surface area contributed by atoms with Gasteiger partial charge in [-0.15, -0.1) is 0 Å². The van der Waals surface area contributed by atoms with E-state index in [1.807, 2.05) is 0 Å². The first kappa shape index (κ1) is 45.8. The normalized spacial score (nSPS) is 0. The van der Waals surface area contributed by atoms with Crippen LogP contribution >= 0.6 is 0 Å². The van der Waals surface area contributed by atoms with Crippen LogP contribution in [-0.2, 0) is 50.3 Å². The number of rotatable bonds is 0. The van der Waals surface area contributed by atoms with Crippen molar-refractivity contribution in [2.45, 2.75) is 0 Å². The van der Waals surface area contributed by atoms with E-state index in [4.69, 9.17) is 0 Å². The first-order chi connectivity index (χ1) is 0. The van der Waals surface area contributed by atoms with Crippen LogP contribution in [0.15, 0.2) is 0 Å². The van der Waals surface area contributed by atoms with Gasteiger partial charge in [-0.1, -0.05) is 0 Å². The molecule has 0 heterocycles. The van der Waals surface area contributed by atoms with Crippen LogP contribution in [0.3, 0.4) is 0 Å². The van der Waals surface area contributed by atoms with Crippen LogP contribution in [0.2, 0.25) is 0 Å². The molecule has 0 aliphatic heterocycles. The molecule has 0 spiro atoms. The molecule has 0 saturated heterocycles. The zero-order chi connectivity index (χ0) is 0. The first-order valence-electron chi connectivity index (χ1n) is 0. The molecule has 0 rings (SSSR count). The maximum absolute atomic E-state index is 0. The van der Waals surface area contributed by atoms with Crippen LogP contribution < -0.4 is 0 Å². The summed E-state index contributed by atoms with van der Waals surface area (Å²) in [7, 11) is 0. The molecule has 5 heteroatoms. The second-order valence-electron chi connectivity index (χ2n) is 0. The third-order valence-electron chi connectivity index (χ3n) is 0. The SMILES string of the molecule is [Al].[Co].[Fe].[Mg].[Ni]. The van der Waals surface area contributed by atoms with Gasteiger partial charge in [-0.3, -0.25) is 0 Å². The maximum Gasteiger partial charge on any atom is 0 e. The Kier molecular flexibility index (Phi) is 266. The van der Waals surface area contributed by atoms with Crippen molar-refractivity contribution < 1.29 is 50.3 Å². The van der Waals surface area contributed by atoms with Crippen molar-refractivity contribution in [2.75, 3.05) is 0 Å². The van der Waals surface area contributed by atoms with Crippen molar-refractivity contribution in [3.05, 3.63) is 0 Å². The molecular formula is AlCoFeMgNi. The average Bonchev–Trinajstić information content (AvgIpc) is 0. The van der Waals surface area contributed by atoms with Gasteiger partial charge in [-0.05, 0) is 0 Å². The van der Waals surface area contributed by atoms with Crippen molar-refractivity contribution in [1.82, 2.24) is 0 Å². The Morgan fingerprint density at radius 2 is 1.00 bits per heavy atom. The molecule has 0 N–H and O–H groups in total. The molecule has 32 valence electrons. The summed E-state index contributed by atoms with van der Waals surface area (Å²) >= 11 is 0. The monoisotopic (exact) mass is 224 g/mol. The molecule has 0 aliphatic rings. The molecule has 0 aliphatic carbocycles. The predicted molar refractivity (Wildman–Crippen MR) is 11.5 cm³/mol. The van der Waals surface area contributed by atoms with Crippen molar-refractivity contribution >= 4 is 40.4 Å². The summed E-state index contributed by atoms with van der Waals surface area (Å²) in [4.78, 5) is 0. The van der Waals surface area contributed by atoms with Crippen molar-refractivity contribution in [1.29, 1.82) is 0 Å². The van der Waals surface area contributed by atoms with Crippen LogP contribution in [-0.4, -0.2) is 40.4 Å². The molecule has 0 aromatic carbocycles. The summed E-state index contributed by atoms with van der Waals surface area (Å²) in [6.07, 6.45) is 0. The van der Waals surface area contributed by atoms with E-state index in [9.17, 15) is 0 Å². The molecule has 0 nitrogen and oxygen atoms in total. The smallest absolute Gasteiger partial charge is 0 e. The Morgan fingerprint density at radius 1 is 1.00 bits per heavy atom. The van der Waals surface area contributed by atoms with E-state index in [-0.39, 0.29) is 90.8 Å². The van der Waals surface area contributed by atoms with E-state index >= 15 is 0 Å². The Morgan fingerprint density at radius 3 is 1.00 bits per heavy atom. The quantitative estimate of drug-likeness (QED) is 0.475. The molecule has 6 radical (unpaired) electrons. The predicted octanol–water partition coefficient (Wildman–Crippen LogP) is -0.769. The molecular weight excluding hydrogens is 225 g/mol. The van der Waals surface area contributed by atoms with Crippen LogP contribution in [0, 0.1) is 0 Å². The summed E-state index contributed by atoms with van der Waals surface area (Å²) < 4.78 is 0. The molecule has 0 fully saturated rings. The molecule has 0 bridgehead atoms. The van der Waals surface area contributed by atoms with E-state index in [0.29, 0.717) is 0 Å². The Hall–Kier alpha value is 2.82. The van der Waals surface area contributed by atoms with Crippen molar-refractivity contribution in [3.8, 4) is 0 Å². The van der Waals surface area contributed by atoms with Crippen molar-refractivity contribution in [3.63, 3.8) is 0 Å². The van der Waals surface area contributed by atoms with Crippen molar-refractivity contribution in [2.24, 2.45) is 0 Å². The fourth-order valence-electron chi connectivity index (χ4n) is 0. The zero-order valence-corrected chi connectivity index (χ0v) is 7.99. The minimum atomic E-state index is 0. The van der Waals surface area contributed by atoms with Gasteiger partial charge in [0.25, 0.3) is 0 Å². The zero-order valence-electron chi connectivity index (χ0n) is 2.29. The van der Waals surface area contributed by atoms with Gasteiger partial charge in [0.1, 0.15) is 0 Å². The second kappa shape index (κ2) is 29.1. The van der Waals surface area contributed by atoms with Crippen LogP contribution in [0.1, 0.15) is 0 Å². The summed E-state index contributed by atoms with van der Waals surface area (Å²) in [5, 5.41) is 0. The number of hydrogen-bond acceptors (Lipinski definition) is 0. The van der Waals surface area contributed by atoms with Gasteiger partial charge in [0, 0.05) is 90.8 Å². The maximum atomic E-state index is 0. The molecule has 5 heavy (non-hydrogen) atoms. The Labute approximate surface area is 89.5 Å². The molecule has 0 unspecified atom stereocenters. The second-order valence-corrected chi connectivity index (χ2v) is 0. The van der Waals surface area contributed by atoms with Gasteiger partial charge >= 0.3 is 0 Å². The third-order valence-corrected chi connectivity index (χ3v) is 0. The summed E-state index contributed by atoms with van der Waals surface area (Å²) in [5.74, 6) is 0. The van der Waals surface area contributed by atoms with Gasteiger partial charge in [0.05, 0.1) is 0 Å². The minimum Gasteiger partial charge on any atom is 0 e. The molecule has 0 atom stereocenters. The largest absolute Gasteiger partial charge is 0 e. The summed E-state index contributed by atoms with van der Waals surface area (Å²) in [5.41, 5.74) is 0. The fraction of sp³-hybridized carbons (Fsp3) is 0. The first-order valence-corrected chi connectivity index (χ1v) is 0. The van der Waals surface area contributed by atoms with Gasteiger partial charge in [0.15, 0.2) is 0 Å². The summed E-state index contributed by atoms with van der Waals surface area (Å²) in [6.45, 7) is 0. The molecule has 0 aromatic heterocycles. The Bertz CT molecular complexity index is 11.6. The van der Waals surface area contributed by atoms with E-state index in [1.54, 1.807) is 0 Å². The van der Waals surface area contributed by atoms with E-state index in [1.165, 1.54) is 0 Å². The van der Waals surface area contributed by atoms with E-state index in [2.05, 4.69) is 0 Å². The standard InChI is InChI=1S/Al.Co.Fe.Mg.Ni. The van der Waals surface area contributed by atoms with E-state index in [0.717, 1.165) is 0 Å². The molecule has 0 saturated carbocycles. The topological polar surface area (TPSA) is 0 Å². The third kappa shape index (κ3) is 19.9. The van der Waals surface area contributed by atoms with Crippen LogP contribution in [0.25, 0.3) is 0 Å². The van der Waals surface area contributed by atoms with Crippen LogP contribution in [0.4, 0.5) is 0 Å². The fourth-order valence-corrected chi connectivity index (χ4v) is 0. The summed E-state index contributed by atoms with van der Waals surface area (Å²) in [6, 6.07) is 0. The number of hydrogen-bond donors (Lipinski definition) is 0. The molecule has 0 amide bonds. The van der Waals surface area contributed by atoms with Gasteiger partial charge in [0.2, 0.25) is 0 Å².